The van der Waals surface area contributed by atoms with E-state index in [9.17, 15) is 59.1 Å². The number of nitrogens with one attached hydrogen (secondary N) is 5. The van der Waals surface area contributed by atoms with Crippen LogP contribution in [0.4, 0.5) is 0 Å². The number of aliphatic hydroxyl groups is 5. The number of likely N-dealkylation sites (N-methyl/N-ethyl adjacent to an activating group) is 1. The van der Waals surface area contributed by atoms with Crippen LogP contribution in [0.1, 0.15) is 70.0 Å². The van der Waals surface area contributed by atoms with Gasteiger partial charge in [0.2, 0.25) is 42.1 Å². The van der Waals surface area contributed by atoms with E-state index in [0.717, 1.165) is 4.90 Å². The highest BCUT2D eigenvalue weighted by atomic mass is 16.7. The molecule has 2 aromatic carbocycles. The summed E-state index contributed by atoms with van der Waals surface area (Å²) in [5.74, 6) is -4.20. The number of nitrogens with two attached hydrogens (primary N) is 3. The van der Waals surface area contributed by atoms with Crippen LogP contribution in [0.15, 0.2) is 36.4 Å². The zero-order chi connectivity index (χ0) is 53.8. The number of carbonyl (C=O) groups excluding carboxylic acids is 7. The zero-order valence-corrected chi connectivity index (χ0v) is 41.5. The molecule has 3 heterocycles. The molecule has 25 heteroatoms. The largest absolute Gasteiger partial charge is 0.462 e. The van der Waals surface area contributed by atoms with Crippen LogP contribution in [0.5, 0.6) is 11.5 Å². The second kappa shape index (κ2) is 26.5. The molecule has 0 saturated carbocycles. The Kier molecular flexibility index (Phi) is 21.1. The van der Waals surface area contributed by atoms with Crippen molar-refractivity contribution in [2.75, 3.05) is 33.8 Å². The maximum Gasteiger partial charge on any atom is 0.248 e. The molecule has 73 heavy (non-hydrogen) atoms. The van der Waals surface area contributed by atoms with E-state index in [4.69, 9.17) is 36.1 Å². The van der Waals surface area contributed by atoms with E-state index in [1.807, 2.05) is 0 Å². The van der Waals surface area contributed by atoms with Crippen LogP contribution in [0.25, 0.3) is 11.1 Å². The van der Waals surface area contributed by atoms with Crippen molar-refractivity contribution < 1.29 is 78.0 Å². The van der Waals surface area contributed by atoms with E-state index in [0.29, 0.717) is 37.8 Å². The molecule has 404 valence electrons. The van der Waals surface area contributed by atoms with Crippen molar-refractivity contribution in [3.05, 3.63) is 47.5 Å². The van der Waals surface area contributed by atoms with Crippen LogP contribution in [0.2, 0.25) is 0 Å². The molecule has 5 amide bonds. The molecule has 0 aromatic heterocycles. The number of fused-ring (bicyclic) bond motifs is 5. The number of rotatable bonds is 20. The van der Waals surface area contributed by atoms with Gasteiger partial charge < -0.3 is 98.0 Å². The molecule has 3 aliphatic heterocycles. The Hall–Kier alpha value is -5.71. The molecule has 2 fully saturated rings. The van der Waals surface area contributed by atoms with Gasteiger partial charge in [0.15, 0.2) is 5.78 Å². The number of hydrogen-bond acceptors (Lipinski definition) is 20. The maximum atomic E-state index is 14.9. The van der Waals surface area contributed by atoms with Crippen molar-refractivity contribution in [3.63, 3.8) is 0 Å². The number of nitrogens with zero attached hydrogens (tertiary/aromatic N) is 1. The number of unbranched alkanes of at least 4 members (excludes halogenated alkanes) is 1. The second-order valence-electron chi connectivity index (χ2n) is 18.6. The van der Waals surface area contributed by atoms with Crippen molar-refractivity contribution in [2.45, 2.75) is 151 Å². The zero-order valence-electron chi connectivity index (χ0n) is 41.5. The average Bonchev–Trinajstić information content (AvgIpc) is 3.36. The quantitative estimate of drug-likeness (QED) is 0.0440. The lowest BCUT2D eigenvalue weighted by molar-refractivity contribution is -0.239. The monoisotopic (exact) mass is 1030 g/mol. The van der Waals surface area contributed by atoms with E-state index < -0.39 is 128 Å². The fourth-order valence-electron chi connectivity index (χ4n) is 8.55. The van der Waals surface area contributed by atoms with Gasteiger partial charge in [-0.2, -0.15) is 0 Å². The Morgan fingerprint density at radius 3 is 2.07 bits per heavy atom. The summed E-state index contributed by atoms with van der Waals surface area (Å²) in [6.45, 7) is 3.94. The fourth-order valence-corrected chi connectivity index (χ4v) is 8.55. The van der Waals surface area contributed by atoms with Gasteiger partial charge in [-0.05, 0) is 89.0 Å². The minimum absolute atomic E-state index is 0.0237. The van der Waals surface area contributed by atoms with Gasteiger partial charge in [-0.3, -0.25) is 28.8 Å². The molecule has 0 radical (unpaired) electrons. The normalized spacial score (nSPS) is 29.2. The molecule has 2 aromatic rings. The molecule has 16 N–H and O–H groups in total. The minimum atomic E-state index is -1.66. The van der Waals surface area contributed by atoms with Gasteiger partial charge in [0.1, 0.15) is 72.5 Å². The second-order valence-corrected chi connectivity index (χ2v) is 18.6. The number of amides is 5. The maximum absolute atomic E-state index is 14.9. The number of benzene rings is 2. The molecule has 0 spiro atoms. The summed E-state index contributed by atoms with van der Waals surface area (Å²) in [5.41, 5.74) is 19.0. The summed E-state index contributed by atoms with van der Waals surface area (Å²) in [7, 11) is 2.99. The van der Waals surface area contributed by atoms with Crippen LogP contribution in [0.3, 0.4) is 0 Å². The topological polar surface area (TPSA) is 399 Å². The number of ether oxygens (including phenoxy) is 4. The molecule has 15 atom stereocenters. The Bertz CT molecular complexity index is 2270. The van der Waals surface area contributed by atoms with Crippen molar-refractivity contribution in [1.82, 2.24) is 31.5 Å². The van der Waals surface area contributed by atoms with Crippen LogP contribution in [-0.4, -0.2) is 191 Å². The third-order valence-corrected chi connectivity index (χ3v) is 13.1. The van der Waals surface area contributed by atoms with Crippen LogP contribution in [-0.2, 0) is 49.5 Å². The van der Waals surface area contributed by atoms with E-state index in [2.05, 4.69) is 26.6 Å². The predicted octanol–water partition coefficient (Wildman–Crippen LogP) is -4.40. The lowest BCUT2D eigenvalue weighted by Gasteiger charge is -2.41. The lowest BCUT2D eigenvalue weighted by Crippen LogP contribution is -2.63. The highest BCUT2D eigenvalue weighted by Crippen LogP contribution is 2.42. The smallest absolute Gasteiger partial charge is 0.248 e. The van der Waals surface area contributed by atoms with E-state index in [-0.39, 0.29) is 59.7 Å². The molecular weight excluding hydrogens is 959 g/mol. The van der Waals surface area contributed by atoms with Gasteiger partial charge in [-0.1, -0.05) is 12.1 Å². The van der Waals surface area contributed by atoms with Crippen molar-refractivity contribution >= 4 is 41.6 Å². The highest BCUT2D eigenvalue weighted by molar-refractivity contribution is 5.97. The summed E-state index contributed by atoms with van der Waals surface area (Å²) in [6, 6.07) is -0.593. The number of Topliss-reactive ketones (excluding diaryl/α,β-unsaturated/α-hetero) is 1. The van der Waals surface area contributed by atoms with Crippen LogP contribution >= 0.6 is 0 Å². The van der Waals surface area contributed by atoms with E-state index in [1.54, 1.807) is 7.05 Å². The molecule has 4 bridgehead atoms. The van der Waals surface area contributed by atoms with Gasteiger partial charge >= 0.3 is 0 Å². The molecule has 25 nitrogen and oxygen atoms in total. The summed E-state index contributed by atoms with van der Waals surface area (Å²) >= 11 is 0. The van der Waals surface area contributed by atoms with Gasteiger partial charge in [0.05, 0.1) is 30.8 Å². The molecule has 3 aliphatic rings. The third-order valence-electron chi connectivity index (χ3n) is 13.1. The molecule has 2 unspecified atom stereocenters. The number of carbonyl (C=O) groups is 7. The molecule has 5 rings (SSSR count). The van der Waals surface area contributed by atoms with Gasteiger partial charge in [0, 0.05) is 44.0 Å². The van der Waals surface area contributed by atoms with Crippen molar-refractivity contribution in [3.8, 4) is 22.6 Å². The average molecular weight is 1030 g/mol. The Balaban J connectivity index is 1.78. The summed E-state index contributed by atoms with van der Waals surface area (Å²) in [6.07, 6.45) is -11.3. The molecular formula is C48H71N9O16. The Morgan fingerprint density at radius 1 is 0.877 bits per heavy atom. The first-order valence-electron chi connectivity index (χ1n) is 24.2. The van der Waals surface area contributed by atoms with Crippen molar-refractivity contribution in [1.29, 1.82) is 0 Å². The molecule has 2 saturated heterocycles. The third kappa shape index (κ3) is 14.3. The predicted molar refractivity (Wildman–Crippen MR) is 259 cm³/mol. The summed E-state index contributed by atoms with van der Waals surface area (Å²) in [4.78, 5) is 95.7. The molecule has 0 aliphatic carbocycles. The first-order valence-corrected chi connectivity index (χ1v) is 24.2. The van der Waals surface area contributed by atoms with Crippen molar-refractivity contribution in [2.24, 2.45) is 17.2 Å². The number of aliphatic hydroxyl groups excluding tert-OH is 5. The fraction of sp³-hybridized carbons (Fsp3) is 0.604. The Labute approximate surface area is 422 Å². The number of hydrogen-bond donors (Lipinski definition) is 13. The SMILES string of the molecule is CNCCC(=O)N[C@@H](CCCCN)C(=O)N(C)[C@@H]1C(=O)N[C@@H](C)C(=O)N[C@H](C(=O)N[C@@H](C)C(C)=O)Cc2ccc(OC3O[C@H](CC=O)[C@@H](O)[C@H](O)[C@H]3N)c(c2)-c2cc1ccc2OC1O[C@H](CO)[C@@H](O)[C@H](O)[C@H]1N. The number of ketones is 1. The van der Waals surface area contributed by atoms with Gasteiger partial charge in [0.25, 0.3) is 0 Å². The first-order chi connectivity index (χ1) is 34.6. The summed E-state index contributed by atoms with van der Waals surface area (Å²) in [5, 5.41) is 66.9. The highest BCUT2D eigenvalue weighted by Gasteiger charge is 2.46. The standard InChI is InChI=1S/C48H71N9O16/c1-22(24(3)60)53-44(67)30-19-25-9-11-31(70-47-36(50)41(64)39(62)33(72-47)14-17-58)27(18-25)28-20-26(10-12-32(28)71-48-37(51)42(65)40(63)34(21-59)73-48)38(45(68)54-23(2)43(66)56-30)57(5)46(69)29(8-6-7-15-49)55-35(61)13-16-52-4/h9-12,17-18,20,22-23,29-30,33-34,36-42,47-48,52,59,62-65H,6-8,13-16,19,21,49-51H2,1-5H3,(H,53,67)(H,54,68)(H,55,61)(H,56,66)/t22-,23-,29-,30-,33+,34+,36+,37+,38-,39+,40+,41+,42+,47?,48?/m0/s1. The minimum Gasteiger partial charge on any atom is -0.462 e. The van der Waals surface area contributed by atoms with E-state index in [1.165, 1.54) is 64.2 Å². The lowest BCUT2D eigenvalue weighted by atomic mass is 9.92. The Morgan fingerprint density at radius 2 is 1.48 bits per heavy atom. The van der Waals surface area contributed by atoms with Gasteiger partial charge in [-0.15, -0.1) is 0 Å². The first kappa shape index (κ1) is 58.2. The van der Waals surface area contributed by atoms with E-state index >= 15 is 0 Å². The number of aldehydes is 1. The van der Waals surface area contributed by atoms with Crippen LogP contribution in [0, 0.1) is 0 Å². The van der Waals surface area contributed by atoms with Crippen LogP contribution < -0.4 is 53.3 Å². The summed E-state index contributed by atoms with van der Waals surface area (Å²) < 4.78 is 24.6. The van der Waals surface area contributed by atoms with Gasteiger partial charge in [-0.25, -0.2) is 0 Å².